The number of halogens is 1. The predicted octanol–water partition coefficient (Wildman–Crippen LogP) is 1.65. The molecule has 0 aromatic heterocycles. The van der Waals surface area contributed by atoms with Gasteiger partial charge in [-0.15, -0.1) is 11.8 Å². The molecule has 0 radical (unpaired) electrons. The van der Waals surface area contributed by atoms with E-state index in [1.807, 2.05) is 12.1 Å². The number of thioether (sulfide) groups is 1. The molecule has 1 aromatic carbocycles. The lowest BCUT2D eigenvalue weighted by Gasteiger charge is -2.30. The summed E-state index contributed by atoms with van der Waals surface area (Å²) in [5, 5.41) is 3.45. The van der Waals surface area contributed by atoms with Gasteiger partial charge < -0.3 is 19.9 Å². The average Bonchev–Trinajstić information content (AvgIpc) is 2.93. The van der Waals surface area contributed by atoms with Crippen LogP contribution in [0.25, 0.3) is 0 Å². The summed E-state index contributed by atoms with van der Waals surface area (Å²) >= 11 is 7.59. The molecule has 1 N–H and O–H groups in total. The van der Waals surface area contributed by atoms with Crippen molar-refractivity contribution < 1.29 is 14.3 Å². The second-order valence-corrected chi connectivity index (χ2v) is 6.77. The molecule has 1 aromatic rings. The Morgan fingerprint density at radius 3 is 2.83 bits per heavy atom. The lowest BCUT2D eigenvalue weighted by atomic mass is 10.2. The Hall–Kier alpha value is -1.44. The molecule has 0 unspecified atom stereocenters. The maximum atomic E-state index is 12.3. The van der Waals surface area contributed by atoms with Crippen molar-refractivity contribution in [2.75, 3.05) is 54.7 Å². The minimum Gasteiger partial charge on any atom is -0.378 e. The van der Waals surface area contributed by atoms with Gasteiger partial charge in [0.05, 0.1) is 36.2 Å². The van der Waals surface area contributed by atoms with Crippen molar-refractivity contribution in [3.63, 3.8) is 0 Å². The van der Waals surface area contributed by atoms with E-state index in [9.17, 15) is 9.59 Å². The smallest absolute Gasteiger partial charge is 0.244 e. The molecule has 0 bridgehead atoms. The molecule has 6 nitrogen and oxygen atoms in total. The van der Waals surface area contributed by atoms with Gasteiger partial charge in [-0.2, -0.15) is 0 Å². The fourth-order valence-corrected chi connectivity index (χ4v) is 3.67. The molecule has 0 saturated carbocycles. The standard InChI is InChI=1S/C15H18ClN3O3S/c16-11-1-2-13(18-3-5-22-6-4-18)12(7-11)17-14(20)8-19-10-23-9-15(19)21/h1-2,7H,3-6,8-10H2,(H,17,20). The summed E-state index contributed by atoms with van der Waals surface area (Å²) < 4.78 is 5.36. The summed E-state index contributed by atoms with van der Waals surface area (Å²) in [4.78, 5) is 27.6. The summed E-state index contributed by atoms with van der Waals surface area (Å²) in [5.74, 6) is 0.809. The third kappa shape index (κ3) is 4.10. The third-order valence-corrected chi connectivity index (χ3v) is 4.92. The van der Waals surface area contributed by atoms with Gasteiger partial charge in [0.2, 0.25) is 11.8 Å². The number of benzene rings is 1. The van der Waals surface area contributed by atoms with Crippen LogP contribution in [0.2, 0.25) is 5.02 Å². The Labute approximate surface area is 144 Å². The number of ether oxygens (including phenoxy) is 1. The number of nitrogens with zero attached hydrogens (tertiary/aromatic N) is 2. The van der Waals surface area contributed by atoms with Crippen LogP contribution in [0.4, 0.5) is 11.4 Å². The first kappa shape index (κ1) is 16.4. The van der Waals surface area contributed by atoms with Crippen LogP contribution in [-0.2, 0) is 14.3 Å². The molecule has 2 fully saturated rings. The number of amides is 2. The van der Waals surface area contributed by atoms with Crippen molar-refractivity contribution in [1.82, 2.24) is 4.90 Å². The van der Waals surface area contributed by atoms with Crippen molar-refractivity contribution in [3.05, 3.63) is 23.2 Å². The summed E-state index contributed by atoms with van der Waals surface area (Å²) in [6.07, 6.45) is 0. The van der Waals surface area contributed by atoms with Crippen LogP contribution in [0.1, 0.15) is 0 Å². The van der Waals surface area contributed by atoms with Gasteiger partial charge in [0.25, 0.3) is 0 Å². The lowest BCUT2D eigenvalue weighted by Crippen LogP contribution is -2.37. The monoisotopic (exact) mass is 355 g/mol. The van der Waals surface area contributed by atoms with Gasteiger partial charge in [0.15, 0.2) is 0 Å². The summed E-state index contributed by atoms with van der Waals surface area (Å²) in [7, 11) is 0. The van der Waals surface area contributed by atoms with Crippen LogP contribution in [0, 0.1) is 0 Å². The van der Waals surface area contributed by atoms with E-state index in [4.69, 9.17) is 16.3 Å². The van der Waals surface area contributed by atoms with Gasteiger partial charge in [-0.05, 0) is 18.2 Å². The Balaban J connectivity index is 1.71. The second-order valence-electron chi connectivity index (χ2n) is 5.38. The van der Waals surface area contributed by atoms with Crippen LogP contribution >= 0.6 is 23.4 Å². The molecule has 2 aliphatic rings. The highest BCUT2D eigenvalue weighted by molar-refractivity contribution is 8.00. The highest BCUT2D eigenvalue weighted by Gasteiger charge is 2.23. The van der Waals surface area contributed by atoms with E-state index >= 15 is 0 Å². The molecular weight excluding hydrogens is 338 g/mol. The highest BCUT2D eigenvalue weighted by Crippen LogP contribution is 2.30. The first-order valence-electron chi connectivity index (χ1n) is 7.41. The first-order chi connectivity index (χ1) is 11.1. The van der Waals surface area contributed by atoms with Gasteiger partial charge in [0.1, 0.15) is 6.54 Å². The molecule has 2 saturated heterocycles. The highest BCUT2D eigenvalue weighted by atomic mass is 35.5. The maximum absolute atomic E-state index is 12.3. The molecule has 3 rings (SSSR count). The predicted molar refractivity (Wildman–Crippen MR) is 92.2 cm³/mol. The number of hydrogen-bond acceptors (Lipinski definition) is 5. The second kappa shape index (κ2) is 7.42. The Morgan fingerprint density at radius 1 is 1.35 bits per heavy atom. The summed E-state index contributed by atoms with van der Waals surface area (Å²) in [5.41, 5.74) is 1.59. The van der Waals surface area contributed by atoms with E-state index in [0.717, 1.165) is 18.8 Å². The Kier molecular flexibility index (Phi) is 5.30. The van der Waals surface area contributed by atoms with Gasteiger partial charge in [-0.3, -0.25) is 9.59 Å². The Morgan fingerprint density at radius 2 is 2.13 bits per heavy atom. The van der Waals surface area contributed by atoms with Crippen LogP contribution < -0.4 is 10.2 Å². The zero-order chi connectivity index (χ0) is 16.2. The van der Waals surface area contributed by atoms with E-state index in [1.165, 1.54) is 11.8 Å². The van der Waals surface area contributed by atoms with Gasteiger partial charge in [-0.1, -0.05) is 11.6 Å². The van der Waals surface area contributed by atoms with Crippen LogP contribution in [0.3, 0.4) is 0 Å². The molecular formula is C15H18ClN3O3S. The van der Waals surface area contributed by atoms with Crippen molar-refractivity contribution in [3.8, 4) is 0 Å². The number of anilines is 2. The maximum Gasteiger partial charge on any atom is 0.244 e. The van der Waals surface area contributed by atoms with E-state index in [-0.39, 0.29) is 18.4 Å². The molecule has 0 spiro atoms. The van der Waals surface area contributed by atoms with E-state index in [1.54, 1.807) is 11.0 Å². The van der Waals surface area contributed by atoms with Crippen molar-refractivity contribution in [2.45, 2.75) is 0 Å². The minimum atomic E-state index is -0.211. The molecule has 23 heavy (non-hydrogen) atoms. The molecule has 124 valence electrons. The SMILES string of the molecule is O=C(CN1CSCC1=O)Nc1cc(Cl)ccc1N1CCOCC1. The van der Waals surface area contributed by atoms with Gasteiger partial charge in [0, 0.05) is 18.1 Å². The number of carbonyl (C=O) groups excluding carboxylic acids is 2. The van der Waals surface area contributed by atoms with Crippen LogP contribution in [-0.4, -0.2) is 61.2 Å². The quantitative estimate of drug-likeness (QED) is 0.889. The first-order valence-corrected chi connectivity index (χ1v) is 8.94. The Bertz CT molecular complexity index is 608. The number of hydrogen-bond donors (Lipinski definition) is 1. The fraction of sp³-hybridized carbons (Fsp3) is 0.467. The fourth-order valence-electron chi connectivity index (χ4n) is 2.59. The zero-order valence-corrected chi connectivity index (χ0v) is 14.2. The molecule has 0 atom stereocenters. The van der Waals surface area contributed by atoms with Crippen molar-refractivity contribution >= 4 is 46.6 Å². The average molecular weight is 356 g/mol. The van der Waals surface area contributed by atoms with E-state index in [2.05, 4.69) is 10.2 Å². The molecule has 2 amide bonds. The summed E-state index contributed by atoms with van der Waals surface area (Å²) in [6.45, 7) is 2.93. The molecule has 2 aliphatic heterocycles. The van der Waals surface area contributed by atoms with Crippen LogP contribution in [0.5, 0.6) is 0 Å². The number of rotatable bonds is 4. The normalized spacial score (nSPS) is 18.4. The van der Waals surface area contributed by atoms with Crippen molar-refractivity contribution in [1.29, 1.82) is 0 Å². The zero-order valence-electron chi connectivity index (χ0n) is 12.6. The van der Waals surface area contributed by atoms with E-state index < -0.39 is 0 Å². The van der Waals surface area contributed by atoms with E-state index in [0.29, 0.717) is 35.6 Å². The van der Waals surface area contributed by atoms with Crippen LogP contribution in [0.15, 0.2) is 18.2 Å². The lowest BCUT2D eigenvalue weighted by molar-refractivity contribution is -0.130. The van der Waals surface area contributed by atoms with Gasteiger partial charge in [-0.25, -0.2) is 0 Å². The summed E-state index contributed by atoms with van der Waals surface area (Å²) in [6, 6.07) is 5.45. The number of nitrogens with one attached hydrogen (secondary N) is 1. The molecule has 2 heterocycles. The molecule has 0 aliphatic carbocycles. The minimum absolute atomic E-state index is 0.00430. The molecule has 8 heteroatoms. The topological polar surface area (TPSA) is 61.9 Å². The largest absolute Gasteiger partial charge is 0.378 e. The van der Waals surface area contributed by atoms with Crippen molar-refractivity contribution in [2.24, 2.45) is 0 Å². The third-order valence-electron chi connectivity index (χ3n) is 3.74. The van der Waals surface area contributed by atoms with Gasteiger partial charge >= 0.3 is 0 Å². The number of carbonyl (C=O) groups is 2. The number of morpholine rings is 1.